The first-order valence-corrected chi connectivity index (χ1v) is 9.46. The molecule has 30 heavy (non-hydrogen) atoms. The molecule has 1 fully saturated rings. The number of amides is 2. The molecule has 2 amide bonds. The number of nitrogens with zero attached hydrogens (tertiary/aromatic N) is 1. The van der Waals surface area contributed by atoms with E-state index in [-0.39, 0.29) is 36.8 Å². The number of hydrogen-bond acceptors (Lipinski definition) is 4. The lowest BCUT2D eigenvalue weighted by atomic mass is 10.1. The van der Waals surface area contributed by atoms with E-state index >= 15 is 0 Å². The van der Waals surface area contributed by atoms with Crippen LogP contribution in [-0.4, -0.2) is 17.5 Å². The molecule has 2 N–H and O–H groups in total. The fourth-order valence-electron chi connectivity index (χ4n) is 3.24. The van der Waals surface area contributed by atoms with Crippen molar-refractivity contribution in [3.63, 3.8) is 0 Å². The maximum atomic E-state index is 12.3. The summed E-state index contributed by atoms with van der Waals surface area (Å²) in [6.07, 6.45) is 2.31. The minimum atomic E-state index is -0.308. The molecule has 3 aromatic rings. The van der Waals surface area contributed by atoms with Gasteiger partial charge in [-0.05, 0) is 54.7 Å². The van der Waals surface area contributed by atoms with Crippen LogP contribution in [-0.2, 0) is 4.79 Å². The molecule has 2 unspecified atom stereocenters. The highest BCUT2D eigenvalue weighted by Crippen LogP contribution is 2.47. The number of carbonyl (C=O) groups excluding carboxylic acids is 2. The molecular formula is C24H25N3O3. The molecule has 1 aliphatic carbocycles. The van der Waals surface area contributed by atoms with Crippen LogP contribution in [0.1, 0.15) is 48.4 Å². The Kier molecular flexibility index (Phi) is 6.47. The van der Waals surface area contributed by atoms with E-state index in [0.29, 0.717) is 11.4 Å². The van der Waals surface area contributed by atoms with Crippen molar-refractivity contribution in [3.8, 4) is 0 Å². The van der Waals surface area contributed by atoms with Crippen LogP contribution < -0.4 is 10.7 Å². The first kappa shape index (κ1) is 21.0. The van der Waals surface area contributed by atoms with E-state index in [2.05, 4.69) is 28.0 Å². The van der Waals surface area contributed by atoms with E-state index in [4.69, 9.17) is 4.42 Å². The lowest BCUT2D eigenvalue weighted by molar-refractivity contribution is -0.122. The van der Waals surface area contributed by atoms with Gasteiger partial charge in [0.15, 0.2) is 5.76 Å². The number of carbonyl (C=O) groups is 2. The van der Waals surface area contributed by atoms with Crippen molar-refractivity contribution in [2.24, 2.45) is 11.0 Å². The van der Waals surface area contributed by atoms with Crippen LogP contribution in [0.3, 0.4) is 0 Å². The molecule has 0 spiro atoms. The smallest absolute Gasteiger partial charge is 0.291 e. The third-order valence-electron chi connectivity index (χ3n) is 4.99. The number of hydrogen-bond donors (Lipinski definition) is 2. The van der Waals surface area contributed by atoms with Crippen molar-refractivity contribution in [3.05, 3.63) is 89.9 Å². The number of hydrazone groups is 1. The molecule has 0 aliphatic heterocycles. The molecule has 0 saturated heterocycles. The molecule has 2 aromatic carbocycles. The third kappa shape index (κ3) is 4.84. The molecule has 1 aliphatic rings. The Bertz CT molecular complexity index is 1030. The molecule has 2 atom stereocenters. The van der Waals surface area contributed by atoms with Gasteiger partial charge in [0, 0.05) is 11.6 Å². The summed E-state index contributed by atoms with van der Waals surface area (Å²) in [4.78, 5) is 24.3. The standard InChI is InChI=1S/C23H21N3O3.CH4/c1-15(25-26-22(27)20-14-19(20)17-6-3-2-4-7-17)16-9-11-18(12-10-16)24-23(28)21-8-5-13-29-21;/h2-13,19-20H,14H2,1H3,(H,24,28)(H,26,27);1H4/b25-15+;. The van der Waals surface area contributed by atoms with Gasteiger partial charge in [0.1, 0.15) is 0 Å². The van der Waals surface area contributed by atoms with E-state index < -0.39 is 0 Å². The van der Waals surface area contributed by atoms with Crippen LogP contribution in [0.25, 0.3) is 0 Å². The maximum Gasteiger partial charge on any atom is 0.291 e. The van der Waals surface area contributed by atoms with Crippen LogP contribution in [0.5, 0.6) is 0 Å². The Balaban J connectivity index is 0.00000256. The van der Waals surface area contributed by atoms with Crippen LogP contribution in [0, 0.1) is 5.92 Å². The van der Waals surface area contributed by atoms with Gasteiger partial charge in [-0.2, -0.15) is 5.10 Å². The highest BCUT2D eigenvalue weighted by molar-refractivity contribution is 6.03. The molecule has 154 valence electrons. The minimum absolute atomic E-state index is 0. The van der Waals surface area contributed by atoms with Crippen LogP contribution in [0.15, 0.2) is 82.5 Å². The summed E-state index contributed by atoms with van der Waals surface area (Å²) in [6, 6.07) is 20.6. The van der Waals surface area contributed by atoms with Gasteiger partial charge in [-0.1, -0.05) is 49.9 Å². The average Bonchev–Trinajstić information content (AvgIpc) is 3.37. The SMILES string of the molecule is C.C/C(=N\NC(=O)C1CC1c1ccccc1)c1ccc(NC(=O)c2ccco2)cc1. The number of furan rings is 1. The fraction of sp³-hybridized carbons (Fsp3) is 0.208. The van der Waals surface area contributed by atoms with Crippen molar-refractivity contribution >= 4 is 23.2 Å². The van der Waals surface area contributed by atoms with E-state index in [1.807, 2.05) is 37.3 Å². The van der Waals surface area contributed by atoms with Crippen molar-refractivity contribution in [1.82, 2.24) is 5.43 Å². The molecule has 1 heterocycles. The van der Waals surface area contributed by atoms with Gasteiger partial charge in [0.2, 0.25) is 5.91 Å². The van der Waals surface area contributed by atoms with Crippen molar-refractivity contribution < 1.29 is 14.0 Å². The summed E-state index contributed by atoms with van der Waals surface area (Å²) in [5.74, 6) is 0.152. The van der Waals surface area contributed by atoms with Gasteiger partial charge >= 0.3 is 0 Å². The summed E-state index contributed by atoms with van der Waals surface area (Å²) < 4.78 is 5.07. The molecule has 1 aromatic heterocycles. The molecule has 1 saturated carbocycles. The van der Waals surface area contributed by atoms with E-state index in [0.717, 1.165) is 12.0 Å². The number of rotatable bonds is 6. The number of nitrogens with one attached hydrogen (secondary N) is 2. The summed E-state index contributed by atoms with van der Waals surface area (Å²) in [6.45, 7) is 1.83. The van der Waals surface area contributed by atoms with Crippen LogP contribution in [0.2, 0.25) is 0 Å². The normalized spacial score (nSPS) is 17.6. The predicted octanol–water partition coefficient (Wildman–Crippen LogP) is 4.81. The Labute approximate surface area is 176 Å². The average molecular weight is 403 g/mol. The van der Waals surface area contributed by atoms with E-state index in [1.54, 1.807) is 24.3 Å². The summed E-state index contributed by atoms with van der Waals surface area (Å²) in [7, 11) is 0. The molecular weight excluding hydrogens is 378 g/mol. The van der Waals surface area contributed by atoms with E-state index in [1.165, 1.54) is 11.8 Å². The summed E-state index contributed by atoms with van der Waals surface area (Å²) in [5, 5.41) is 6.99. The van der Waals surface area contributed by atoms with E-state index in [9.17, 15) is 9.59 Å². The third-order valence-corrected chi connectivity index (χ3v) is 4.99. The van der Waals surface area contributed by atoms with Crippen LogP contribution in [0.4, 0.5) is 5.69 Å². The molecule has 4 rings (SSSR count). The highest BCUT2D eigenvalue weighted by Gasteiger charge is 2.43. The monoisotopic (exact) mass is 403 g/mol. The lowest BCUT2D eigenvalue weighted by Gasteiger charge is -2.06. The molecule has 0 bridgehead atoms. The first-order valence-electron chi connectivity index (χ1n) is 9.46. The largest absolute Gasteiger partial charge is 0.459 e. The zero-order chi connectivity index (χ0) is 20.2. The topological polar surface area (TPSA) is 83.7 Å². The Morgan fingerprint density at radius 3 is 2.40 bits per heavy atom. The fourth-order valence-corrected chi connectivity index (χ4v) is 3.24. The molecule has 6 nitrogen and oxygen atoms in total. The minimum Gasteiger partial charge on any atom is -0.459 e. The second-order valence-electron chi connectivity index (χ2n) is 7.04. The lowest BCUT2D eigenvalue weighted by Crippen LogP contribution is -2.21. The highest BCUT2D eigenvalue weighted by atomic mass is 16.3. The van der Waals surface area contributed by atoms with Crippen LogP contribution >= 0.6 is 0 Å². The quantitative estimate of drug-likeness (QED) is 0.457. The predicted molar refractivity (Wildman–Crippen MR) is 117 cm³/mol. The van der Waals surface area contributed by atoms with Gasteiger partial charge in [0.05, 0.1) is 12.0 Å². The zero-order valence-corrected chi connectivity index (χ0v) is 16.0. The van der Waals surface area contributed by atoms with Gasteiger partial charge in [0.25, 0.3) is 5.91 Å². The summed E-state index contributed by atoms with van der Waals surface area (Å²) in [5.41, 5.74) is 6.07. The van der Waals surface area contributed by atoms with Gasteiger partial charge in [-0.15, -0.1) is 0 Å². The Morgan fingerprint density at radius 1 is 1.00 bits per heavy atom. The van der Waals surface area contributed by atoms with Crippen molar-refractivity contribution in [1.29, 1.82) is 0 Å². The van der Waals surface area contributed by atoms with Crippen molar-refractivity contribution in [2.45, 2.75) is 26.7 Å². The molecule has 6 heteroatoms. The maximum absolute atomic E-state index is 12.3. The van der Waals surface area contributed by atoms with Gasteiger partial charge in [-0.25, -0.2) is 5.43 Å². The van der Waals surface area contributed by atoms with Crippen molar-refractivity contribution in [2.75, 3.05) is 5.32 Å². The van der Waals surface area contributed by atoms with Gasteiger partial charge < -0.3 is 9.73 Å². The summed E-state index contributed by atoms with van der Waals surface area (Å²) >= 11 is 0. The Morgan fingerprint density at radius 2 is 1.73 bits per heavy atom. The second kappa shape index (κ2) is 9.22. The second-order valence-corrected chi connectivity index (χ2v) is 7.04. The Hall–Kier alpha value is -3.67. The zero-order valence-electron chi connectivity index (χ0n) is 16.0. The first-order chi connectivity index (χ1) is 14.1. The number of benzene rings is 2. The number of anilines is 1. The molecule has 0 radical (unpaired) electrons. The van der Waals surface area contributed by atoms with Gasteiger partial charge in [-0.3, -0.25) is 9.59 Å².